The standard InChI is InChI=1S/C15H13NO3S2/c1-10(14(18)19)16-13(17)12(21-15(16)20)9-5-8-11-6-3-2-4-7-11/h2-10H,1H3,(H,18,19). The highest BCUT2D eigenvalue weighted by atomic mass is 32.2. The van der Waals surface area contributed by atoms with Gasteiger partial charge in [0.25, 0.3) is 5.91 Å². The van der Waals surface area contributed by atoms with E-state index in [9.17, 15) is 9.59 Å². The number of benzene rings is 1. The summed E-state index contributed by atoms with van der Waals surface area (Å²) in [7, 11) is 0. The minimum absolute atomic E-state index is 0.272. The van der Waals surface area contributed by atoms with Gasteiger partial charge < -0.3 is 5.11 Å². The van der Waals surface area contributed by atoms with Crippen molar-refractivity contribution in [3.05, 3.63) is 53.0 Å². The SMILES string of the molecule is CC(C(=O)O)N1C(=O)C(=CC=Cc2ccccc2)SC1=S. The van der Waals surface area contributed by atoms with Crippen molar-refractivity contribution in [1.82, 2.24) is 4.90 Å². The van der Waals surface area contributed by atoms with E-state index in [1.54, 1.807) is 12.2 Å². The molecule has 1 saturated heterocycles. The van der Waals surface area contributed by atoms with Crippen molar-refractivity contribution in [2.75, 3.05) is 0 Å². The second-order valence-corrected chi connectivity index (χ2v) is 6.03. The maximum atomic E-state index is 12.2. The van der Waals surface area contributed by atoms with Gasteiger partial charge in [0.1, 0.15) is 10.4 Å². The molecule has 0 aliphatic carbocycles. The van der Waals surface area contributed by atoms with Crippen molar-refractivity contribution >= 4 is 46.3 Å². The normalized spacial score (nSPS) is 18.7. The van der Waals surface area contributed by atoms with Gasteiger partial charge in [0.05, 0.1) is 4.91 Å². The van der Waals surface area contributed by atoms with Crippen LogP contribution in [0, 0.1) is 0 Å². The number of hydrogen-bond donors (Lipinski definition) is 1. The number of amides is 1. The van der Waals surface area contributed by atoms with Gasteiger partial charge in [-0.05, 0) is 18.6 Å². The van der Waals surface area contributed by atoms with Crippen LogP contribution in [0.2, 0.25) is 0 Å². The Hall–Kier alpha value is -1.92. The molecule has 6 heteroatoms. The largest absolute Gasteiger partial charge is 0.480 e. The molecule has 0 radical (unpaired) electrons. The molecule has 1 heterocycles. The summed E-state index contributed by atoms with van der Waals surface area (Å²) in [6, 6.07) is 8.71. The fraction of sp³-hybridized carbons (Fsp3) is 0.133. The molecule has 108 valence electrons. The van der Waals surface area contributed by atoms with Crippen LogP contribution in [0.15, 0.2) is 47.4 Å². The third-order valence-corrected chi connectivity index (χ3v) is 4.25. The van der Waals surface area contributed by atoms with Crippen molar-refractivity contribution in [1.29, 1.82) is 0 Å². The number of carboxylic acids is 1. The molecular formula is C15H13NO3S2. The Kier molecular flexibility index (Phi) is 4.93. The topological polar surface area (TPSA) is 57.6 Å². The molecule has 0 aromatic heterocycles. The summed E-state index contributed by atoms with van der Waals surface area (Å²) in [6.07, 6.45) is 5.28. The summed E-state index contributed by atoms with van der Waals surface area (Å²) in [5, 5.41) is 8.99. The molecule has 0 saturated carbocycles. The van der Waals surface area contributed by atoms with Gasteiger partial charge in [-0.25, -0.2) is 4.79 Å². The van der Waals surface area contributed by atoms with Crippen LogP contribution in [0.1, 0.15) is 12.5 Å². The van der Waals surface area contributed by atoms with E-state index >= 15 is 0 Å². The Labute approximate surface area is 132 Å². The number of nitrogens with zero attached hydrogens (tertiary/aromatic N) is 1. The zero-order valence-corrected chi connectivity index (χ0v) is 12.9. The summed E-state index contributed by atoms with van der Waals surface area (Å²) in [6.45, 7) is 1.44. The maximum absolute atomic E-state index is 12.2. The third kappa shape index (κ3) is 3.59. The van der Waals surface area contributed by atoms with Crippen LogP contribution in [0.5, 0.6) is 0 Å². The Morgan fingerprint density at radius 3 is 2.67 bits per heavy atom. The summed E-state index contributed by atoms with van der Waals surface area (Å²) in [4.78, 5) is 24.7. The number of thioether (sulfide) groups is 1. The summed E-state index contributed by atoms with van der Waals surface area (Å²) in [5.74, 6) is -1.44. The lowest BCUT2D eigenvalue weighted by atomic mass is 10.2. The van der Waals surface area contributed by atoms with Crippen LogP contribution < -0.4 is 0 Å². The minimum Gasteiger partial charge on any atom is -0.480 e. The number of aliphatic carboxylic acids is 1. The molecule has 1 aromatic rings. The lowest BCUT2D eigenvalue weighted by Crippen LogP contribution is -2.41. The number of carbonyl (C=O) groups is 2. The smallest absolute Gasteiger partial charge is 0.326 e. The van der Waals surface area contributed by atoms with Gasteiger partial charge in [0.15, 0.2) is 0 Å². The summed E-state index contributed by atoms with van der Waals surface area (Å²) >= 11 is 6.19. The quantitative estimate of drug-likeness (QED) is 0.683. The highest BCUT2D eigenvalue weighted by molar-refractivity contribution is 8.26. The van der Waals surface area contributed by atoms with Crippen molar-refractivity contribution in [2.45, 2.75) is 13.0 Å². The number of carbonyl (C=O) groups excluding carboxylic acids is 1. The van der Waals surface area contributed by atoms with E-state index in [1.807, 2.05) is 36.4 Å². The number of allylic oxidation sites excluding steroid dienone is 2. The molecule has 1 fully saturated rings. The first-order chi connectivity index (χ1) is 10.0. The second kappa shape index (κ2) is 6.69. The molecule has 0 spiro atoms. The number of hydrogen-bond acceptors (Lipinski definition) is 4. The van der Waals surface area contributed by atoms with Gasteiger partial charge in [0, 0.05) is 0 Å². The average molecular weight is 319 g/mol. The lowest BCUT2D eigenvalue weighted by Gasteiger charge is -2.18. The van der Waals surface area contributed by atoms with E-state index in [0.717, 1.165) is 22.2 Å². The van der Waals surface area contributed by atoms with Crippen LogP contribution in [0.4, 0.5) is 0 Å². The van der Waals surface area contributed by atoms with Crippen LogP contribution >= 0.6 is 24.0 Å². The van der Waals surface area contributed by atoms with Crippen LogP contribution in [-0.4, -0.2) is 32.2 Å². The van der Waals surface area contributed by atoms with E-state index in [2.05, 4.69) is 0 Å². The fourth-order valence-electron chi connectivity index (χ4n) is 1.75. The first-order valence-corrected chi connectivity index (χ1v) is 7.45. The van der Waals surface area contributed by atoms with E-state index in [-0.39, 0.29) is 10.2 Å². The Morgan fingerprint density at radius 2 is 2.05 bits per heavy atom. The lowest BCUT2D eigenvalue weighted by molar-refractivity contribution is -0.144. The molecule has 1 amide bonds. The average Bonchev–Trinajstić information content (AvgIpc) is 2.74. The molecule has 1 unspecified atom stereocenters. The van der Waals surface area contributed by atoms with Crippen molar-refractivity contribution < 1.29 is 14.7 Å². The number of thiocarbonyl (C=S) groups is 1. The fourth-order valence-corrected chi connectivity index (χ4v) is 3.12. The van der Waals surface area contributed by atoms with E-state index in [4.69, 9.17) is 17.3 Å². The van der Waals surface area contributed by atoms with Gasteiger partial charge in [-0.1, -0.05) is 66.5 Å². The third-order valence-electron chi connectivity index (χ3n) is 2.90. The molecule has 1 atom stereocenters. The van der Waals surface area contributed by atoms with Crippen molar-refractivity contribution in [3.8, 4) is 0 Å². The van der Waals surface area contributed by atoms with Crippen molar-refractivity contribution in [2.24, 2.45) is 0 Å². The Balaban J connectivity index is 2.14. The van der Waals surface area contributed by atoms with Crippen molar-refractivity contribution in [3.63, 3.8) is 0 Å². The van der Waals surface area contributed by atoms with Gasteiger partial charge in [-0.15, -0.1) is 0 Å². The molecule has 1 aromatic carbocycles. The Bertz CT molecular complexity index is 638. The first kappa shape index (κ1) is 15.5. The number of carboxylic acid groups (broad SMARTS) is 1. The molecule has 1 aliphatic heterocycles. The van der Waals surface area contributed by atoms with Gasteiger partial charge in [-0.3, -0.25) is 9.69 Å². The second-order valence-electron chi connectivity index (χ2n) is 4.36. The van der Waals surface area contributed by atoms with Gasteiger partial charge in [-0.2, -0.15) is 0 Å². The van der Waals surface area contributed by atoms with Crippen LogP contribution in [0.3, 0.4) is 0 Å². The first-order valence-electron chi connectivity index (χ1n) is 6.22. The molecule has 4 nitrogen and oxygen atoms in total. The molecular weight excluding hydrogens is 306 g/mol. The predicted molar refractivity (Wildman–Crippen MR) is 87.7 cm³/mol. The van der Waals surface area contributed by atoms with Crippen LogP contribution in [0.25, 0.3) is 6.08 Å². The predicted octanol–water partition coefficient (Wildman–Crippen LogP) is 2.92. The number of rotatable bonds is 4. The molecule has 21 heavy (non-hydrogen) atoms. The summed E-state index contributed by atoms with van der Waals surface area (Å²) < 4.78 is 0.272. The highest BCUT2D eigenvalue weighted by Gasteiger charge is 2.37. The molecule has 2 rings (SSSR count). The van der Waals surface area contributed by atoms with Crippen LogP contribution in [-0.2, 0) is 9.59 Å². The van der Waals surface area contributed by atoms with Gasteiger partial charge >= 0.3 is 5.97 Å². The maximum Gasteiger partial charge on any atom is 0.326 e. The van der Waals surface area contributed by atoms with Gasteiger partial charge in [0.2, 0.25) is 0 Å². The van der Waals surface area contributed by atoms with E-state index < -0.39 is 12.0 Å². The zero-order chi connectivity index (χ0) is 15.4. The Morgan fingerprint density at radius 1 is 1.38 bits per heavy atom. The monoisotopic (exact) mass is 319 g/mol. The van der Waals surface area contributed by atoms with E-state index in [1.165, 1.54) is 6.92 Å². The molecule has 0 bridgehead atoms. The zero-order valence-electron chi connectivity index (χ0n) is 11.2. The van der Waals surface area contributed by atoms with E-state index in [0.29, 0.717) is 4.91 Å². The minimum atomic E-state index is -1.08. The molecule has 1 N–H and O–H groups in total. The highest BCUT2D eigenvalue weighted by Crippen LogP contribution is 2.32. The summed E-state index contributed by atoms with van der Waals surface area (Å²) in [5.41, 5.74) is 1.02. The molecule has 1 aliphatic rings.